The third kappa shape index (κ3) is 6.44. The zero-order chi connectivity index (χ0) is 22.3. The van der Waals surface area contributed by atoms with Crippen LogP contribution in [-0.2, 0) is 19.1 Å². The summed E-state index contributed by atoms with van der Waals surface area (Å²) in [5, 5.41) is 18.7. The van der Waals surface area contributed by atoms with E-state index < -0.39 is 36.1 Å². The van der Waals surface area contributed by atoms with Crippen LogP contribution in [0.3, 0.4) is 0 Å². The van der Waals surface area contributed by atoms with E-state index in [1.54, 1.807) is 0 Å². The standard InChI is InChI=1S/C20H18O10.H2O/c1-27-13-7-3-11(4-8-13)19(25)29-15(17(21)22)16(18(23)24)30-20(26)12-5-9-14(28-2)10-6-12;/h3-10,15-16H,1-2H3,(H,21,22)(H,23,24);1H2. The van der Waals surface area contributed by atoms with Crippen molar-refractivity contribution < 1.29 is 53.8 Å². The molecule has 0 spiro atoms. The van der Waals surface area contributed by atoms with E-state index in [-0.39, 0.29) is 16.6 Å². The molecule has 2 aromatic rings. The van der Waals surface area contributed by atoms with Gasteiger partial charge in [0.15, 0.2) is 0 Å². The number of rotatable bonds is 9. The molecule has 166 valence electrons. The summed E-state index contributed by atoms with van der Waals surface area (Å²) < 4.78 is 19.5. The van der Waals surface area contributed by atoms with Crippen molar-refractivity contribution in [3.05, 3.63) is 59.7 Å². The molecule has 0 radical (unpaired) electrons. The molecular formula is C20H20O11. The summed E-state index contributed by atoms with van der Waals surface area (Å²) in [6.07, 6.45) is -4.56. The van der Waals surface area contributed by atoms with Crippen molar-refractivity contribution in [1.82, 2.24) is 0 Å². The molecule has 0 aliphatic carbocycles. The summed E-state index contributed by atoms with van der Waals surface area (Å²) in [4.78, 5) is 47.6. The van der Waals surface area contributed by atoms with Crippen LogP contribution in [0.15, 0.2) is 48.5 Å². The molecule has 0 aromatic heterocycles. The highest BCUT2D eigenvalue weighted by Gasteiger charge is 2.41. The second-order valence-electron chi connectivity index (χ2n) is 5.79. The number of hydrogen-bond donors (Lipinski definition) is 2. The lowest BCUT2D eigenvalue weighted by Crippen LogP contribution is -2.45. The molecule has 11 heteroatoms. The molecule has 0 aliphatic heterocycles. The number of esters is 2. The summed E-state index contributed by atoms with van der Waals surface area (Å²) in [6, 6.07) is 11.0. The minimum absolute atomic E-state index is 0. The maximum absolute atomic E-state index is 12.2. The van der Waals surface area contributed by atoms with Crippen LogP contribution in [0.25, 0.3) is 0 Å². The Morgan fingerprint density at radius 2 is 0.935 bits per heavy atom. The van der Waals surface area contributed by atoms with E-state index in [0.29, 0.717) is 11.5 Å². The Labute approximate surface area is 176 Å². The first-order valence-corrected chi connectivity index (χ1v) is 8.42. The van der Waals surface area contributed by atoms with Gasteiger partial charge in [0, 0.05) is 0 Å². The molecule has 2 rings (SSSR count). The van der Waals surface area contributed by atoms with E-state index in [1.807, 2.05) is 0 Å². The topological polar surface area (TPSA) is 177 Å². The smallest absolute Gasteiger partial charge is 0.349 e. The normalized spacial score (nSPS) is 11.8. The molecule has 4 N–H and O–H groups in total. The van der Waals surface area contributed by atoms with E-state index in [1.165, 1.54) is 62.8 Å². The molecule has 0 aliphatic rings. The lowest BCUT2D eigenvalue weighted by molar-refractivity contribution is -0.166. The van der Waals surface area contributed by atoms with Crippen molar-refractivity contribution in [3.63, 3.8) is 0 Å². The first-order chi connectivity index (χ1) is 14.3. The van der Waals surface area contributed by atoms with Crippen molar-refractivity contribution >= 4 is 23.9 Å². The Hall–Kier alpha value is -4.12. The third-order valence-electron chi connectivity index (χ3n) is 3.88. The Morgan fingerprint density at radius 1 is 0.645 bits per heavy atom. The van der Waals surface area contributed by atoms with Crippen molar-refractivity contribution in [2.45, 2.75) is 12.2 Å². The second kappa shape index (κ2) is 11.2. The van der Waals surface area contributed by atoms with Crippen LogP contribution in [0.4, 0.5) is 0 Å². The van der Waals surface area contributed by atoms with E-state index in [9.17, 15) is 29.4 Å². The predicted octanol–water partition coefficient (Wildman–Crippen LogP) is 0.799. The number of carbonyl (C=O) groups is 4. The molecule has 0 heterocycles. The van der Waals surface area contributed by atoms with Gasteiger partial charge in [-0.1, -0.05) is 0 Å². The molecule has 0 saturated carbocycles. The van der Waals surface area contributed by atoms with E-state index >= 15 is 0 Å². The zero-order valence-corrected chi connectivity index (χ0v) is 16.4. The highest BCUT2D eigenvalue weighted by Crippen LogP contribution is 2.17. The summed E-state index contributed by atoms with van der Waals surface area (Å²) in [7, 11) is 2.84. The SMILES string of the molecule is COc1ccc(C(=O)OC(C(=O)O)C(OC(=O)c2ccc(OC)cc2)C(=O)O)cc1.O. The molecule has 11 nitrogen and oxygen atoms in total. The number of hydrogen-bond acceptors (Lipinski definition) is 8. The zero-order valence-electron chi connectivity index (χ0n) is 16.4. The summed E-state index contributed by atoms with van der Waals surface area (Å²) in [5.74, 6) is -4.94. The van der Waals surface area contributed by atoms with Crippen LogP contribution in [-0.4, -0.2) is 66.0 Å². The predicted molar refractivity (Wildman–Crippen MR) is 103 cm³/mol. The lowest BCUT2D eigenvalue weighted by atomic mass is 10.1. The Bertz CT molecular complexity index is 842. The molecule has 0 amide bonds. The van der Waals surface area contributed by atoms with Gasteiger partial charge in [-0.05, 0) is 48.5 Å². The van der Waals surface area contributed by atoms with Gasteiger partial charge < -0.3 is 34.6 Å². The number of ether oxygens (including phenoxy) is 4. The van der Waals surface area contributed by atoms with Gasteiger partial charge in [-0.3, -0.25) is 0 Å². The first kappa shape index (κ1) is 24.9. The first-order valence-electron chi connectivity index (χ1n) is 8.42. The Morgan fingerprint density at radius 3 is 1.16 bits per heavy atom. The fraction of sp³-hybridized carbons (Fsp3) is 0.200. The van der Waals surface area contributed by atoms with Gasteiger partial charge in [-0.2, -0.15) is 0 Å². The van der Waals surface area contributed by atoms with E-state index in [2.05, 4.69) is 0 Å². The average Bonchev–Trinajstić information content (AvgIpc) is 2.75. The number of aliphatic carboxylic acids is 2. The highest BCUT2D eigenvalue weighted by molar-refractivity contribution is 5.95. The maximum atomic E-state index is 12.2. The Kier molecular flexibility index (Phi) is 8.97. The van der Waals surface area contributed by atoms with Gasteiger partial charge in [0.1, 0.15) is 11.5 Å². The molecule has 0 bridgehead atoms. The number of benzene rings is 2. The molecule has 2 aromatic carbocycles. The van der Waals surface area contributed by atoms with Crippen LogP contribution < -0.4 is 9.47 Å². The van der Waals surface area contributed by atoms with Crippen LogP contribution in [0.5, 0.6) is 11.5 Å². The van der Waals surface area contributed by atoms with E-state index in [4.69, 9.17) is 18.9 Å². The second-order valence-corrected chi connectivity index (χ2v) is 5.79. The van der Waals surface area contributed by atoms with Crippen molar-refractivity contribution in [2.75, 3.05) is 14.2 Å². The van der Waals surface area contributed by atoms with Gasteiger partial charge >= 0.3 is 23.9 Å². The maximum Gasteiger partial charge on any atom is 0.349 e. The quantitative estimate of drug-likeness (QED) is 0.534. The van der Waals surface area contributed by atoms with Crippen LogP contribution in [0.1, 0.15) is 20.7 Å². The van der Waals surface area contributed by atoms with Gasteiger partial charge in [0.25, 0.3) is 0 Å². The van der Waals surface area contributed by atoms with Crippen molar-refractivity contribution in [3.8, 4) is 11.5 Å². The average molecular weight is 436 g/mol. The number of carboxylic acids is 2. The largest absolute Gasteiger partial charge is 0.497 e. The van der Waals surface area contributed by atoms with Crippen LogP contribution in [0.2, 0.25) is 0 Å². The highest BCUT2D eigenvalue weighted by atomic mass is 16.6. The van der Waals surface area contributed by atoms with Crippen LogP contribution in [0, 0.1) is 0 Å². The summed E-state index contributed by atoms with van der Waals surface area (Å²) in [6.45, 7) is 0. The van der Waals surface area contributed by atoms with Crippen molar-refractivity contribution in [1.29, 1.82) is 0 Å². The molecule has 2 unspecified atom stereocenters. The molecular weight excluding hydrogens is 416 g/mol. The molecule has 2 atom stereocenters. The minimum atomic E-state index is -2.28. The number of carboxylic acid groups (broad SMARTS) is 2. The van der Waals surface area contributed by atoms with Crippen molar-refractivity contribution in [2.24, 2.45) is 0 Å². The van der Waals surface area contributed by atoms with Gasteiger partial charge in [0.2, 0.25) is 12.2 Å². The minimum Gasteiger partial charge on any atom is -0.497 e. The fourth-order valence-electron chi connectivity index (χ4n) is 2.30. The number of carbonyl (C=O) groups excluding carboxylic acids is 2. The third-order valence-corrected chi connectivity index (χ3v) is 3.88. The van der Waals surface area contributed by atoms with Crippen LogP contribution >= 0.6 is 0 Å². The molecule has 31 heavy (non-hydrogen) atoms. The fourth-order valence-corrected chi connectivity index (χ4v) is 2.30. The monoisotopic (exact) mass is 436 g/mol. The summed E-state index contributed by atoms with van der Waals surface area (Å²) >= 11 is 0. The number of methoxy groups -OCH3 is 2. The van der Waals surface area contributed by atoms with Gasteiger partial charge in [-0.15, -0.1) is 0 Å². The molecule has 0 saturated heterocycles. The van der Waals surface area contributed by atoms with Gasteiger partial charge in [0.05, 0.1) is 25.3 Å². The van der Waals surface area contributed by atoms with Gasteiger partial charge in [-0.25, -0.2) is 19.2 Å². The van der Waals surface area contributed by atoms with E-state index in [0.717, 1.165) is 0 Å². The summed E-state index contributed by atoms with van der Waals surface area (Å²) in [5.41, 5.74) is -0.0969. The Balaban J connectivity index is 0.00000480. The molecule has 0 fully saturated rings. The lowest BCUT2D eigenvalue weighted by Gasteiger charge is -2.21.